The number of hydrogen-bond donors (Lipinski definition) is 1. The van der Waals surface area contributed by atoms with Crippen LogP contribution in [0.2, 0.25) is 0 Å². The summed E-state index contributed by atoms with van der Waals surface area (Å²) in [5.41, 5.74) is 0. The largest absolute Gasteiger partial charge is 0.472 e. The molecular formula is C68H109NO8P+. The fourth-order valence-corrected chi connectivity index (χ4v) is 7.88. The van der Waals surface area contributed by atoms with Crippen molar-refractivity contribution < 1.29 is 42.1 Å². The van der Waals surface area contributed by atoms with Crippen molar-refractivity contribution in [1.82, 2.24) is 0 Å². The summed E-state index contributed by atoms with van der Waals surface area (Å²) in [4.78, 5) is 35.6. The Kier molecular flexibility index (Phi) is 53.7. The van der Waals surface area contributed by atoms with E-state index in [9.17, 15) is 19.0 Å². The first-order chi connectivity index (χ1) is 38.0. The molecule has 78 heavy (non-hydrogen) atoms. The lowest BCUT2D eigenvalue weighted by molar-refractivity contribution is -0.870. The second-order valence-electron chi connectivity index (χ2n) is 20.3. The number of carbonyl (C=O) groups excluding carboxylic acids is 2. The third-order valence-electron chi connectivity index (χ3n) is 11.7. The van der Waals surface area contributed by atoms with Gasteiger partial charge in [-0.05, 0) is 135 Å². The van der Waals surface area contributed by atoms with Crippen molar-refractivity contribution in [2.24, 2.45) is 0 Å². The van der Waals surface area contributed by atoms with Crippen LogP contribution < -0.4 is 0 Å². The van der Waals surface area contributed by atoms with E-state index in [1.165, 1.54) is 25.7 Å². The molecule has 0 rings (SSSR count). The van der Waals surface area contributed by atoms with Crippen molar-refractivity contribution in [2.45, 2.75) is 200 Å². The topological polar surface area (TPSA) is 108 Å². The first-order valence-corrected chi connectivity index (χ1v) is 31.4. The molecule has 0 aliphatic rings. The molecule has 10 heteroatoms. The minimum absolute atomic E-state index is 0.0111. The Morgan fingerprint density at radius 3 is 1.12 bits per heavy atom. The van der Waals surface area contributed by atoms with Gasteiger partial charge in [0.25, 0.3) is 0 Å². The number of allylic oxidation sites excluding steroid dienone is 28. The summed E-state index contributed by atoms with van der Waals surface area (Å²) in [6.07, 6.45) is 87.2. The first-order valence-electron chi connectivity index (χ1n) is 29.9. The second kappa shape index (κ2) is 57.1. The van der Waals surface area contributed by atoms with Gasteiger partial charge in [-0.2, -0.15) is 0 Å². The number of phosphoric acid groups is 1. The number of rotatable bonds is 52. The van der Waals surface area contributed by atoms with E-state index in [0.29, 0.717) is 23.9 Å². The zero-order chi connectivity index (χ0) is 57.0. The van der Waals surface area contributed by atoms with Crippen molar-refractivity contribution in [3.63, 3.8) is 0 Å². The highest BCUT2D eigenvalue weighted by Crippen LogP contribution is 2.43. The molecular weight excluding hydrogens is 990 g/mol. The van der Waals surface area contributed by atoms with Crippen molar-refractivity contribution >= 4 is 19.8 Å². The van der Waals surface area contributed by atoms with Crippen LogP contribution in [0.5, 0.6) is 0 Å². The van der Waals surface area contributed by atoms with E-state index < -0.39 is 32.5 Å². The molecule has 0 saturated carbocycles. The molecule has 1 N–H and O–H groups in total. The molecule has 438 valence electrons. The van der Waals surface area contributed by atoms with Crippen LogP contribution in [0.15, 0.2) is 170 Å². The molecule has 0 aromatic heterocycles. The van der Waals surface area contributed by atoms with Gasteiger partial charge in [-0.25, -0.2) is 4.57 Å². The minimum Gasteiger partial charge on any atom is -0.462 e. The lowest BCUT2D eigenvalue weighted by Crippen LogP contribution is -2.37. The van der Waals surface area contributed by atoms with Crippen LogP contribution in [0.4, 0.5) is 0 Å². The monoisotopic (exact) mass is 1100 g/mol. The smallest absolute Gasteiger partial charge is 0.462 e. The fraction of sp³-hybridized carbons (Fsp3) is 0.559. The summed E-state index contributed by atoms with van der Waals surface area (Å²) in [7, 11) is 1.41. The van der Waals surface area contributed by atoms with Gasteiger partial charge in [-0.1, -0.05) is 216 Å². The van der Waals surface area contributed by atoms with Gasteiger partial charge in [0.05, 0.1) is 27.7 Å². The van der Waals surface area contributed by atoms with Gasteiger partial charge in [0.2, 0.25) is 0 Å². The molecule has 0 spiro atoms. The lowest BCUT2D eigenvalue weighted by Gasteiger charge is -2.24. The van der Waals surface area contributed by atoms with Crippen LogP contribution in [-0.2, 0) is 32.7 Å². The number of esters is 2. The molecule has 9 nitrogen and oxygen atoms in total. The van der Waals surface area contributed by atoms with Crippen LogP contribution >= 0.6 is 7.82 Å². The predicted octanol–water partition coefficient (Wildman–Crippen LogP) is 19.0. The molecule has 0 aliphatic heterocycles. The lowest BCUT2D eigenvalue weighted by atomic mass is 10.1. The third-order valence-corrected chi connectivity index (χ3v) is 12.7. The van der Waals surface area contributed by atoms with Gasteiger partial charge in [0, 0.05) is 12.8 Å². The number of ether oxygens (including phenoxy) is 2. The fourth-order valence-electron chi connectivity index (χ4n) is 7.14. The van der Waals surface area contributed by atoms with Gasteiger partial charge in [-0.3, -0.25) is 18.6 Å². The quantitative estimate of drug-likeness (QED) is 0.0211. The maximum atomic E-state index is 12.8. The van der Waals surface area contributed by atoms with Gasteiger partial charge in [0.15, 0.2) is 6.10 Å². The minimum atomic E-state index is -4.41. The number of quaternary nitrogens is 1. The molecule has 2 atom stereocenters. The maximum Gasteiger partial charge on any atom is 0.472 e. The number of carbonyl (C=O) groups is 2. The van der Waals surface area contributed by atoms with E-state index in [0.717, 1.165) is 128 Å². The molecule has 0 aromatic carbocycles. The van der Waals surface area contributed by atoms with E-state index in [2.05, 4.69) is 184 Å². The van der Waals surface area contributed by atoms with Crippen LogP contribution in [0, 0.1) is 0 Å². The molecule has 0 fully saturated rings. The van der Waals surface area contributed by atoms with Gasteiger partial charge >= 0.3 is 19.8 Å². The summed E-state index contributed by atoms with van der Waals surface area (Å²) in [6, 6.07) is 0. The summed E-state index contributed by atoms with van der Waals surface area (Å²) in [5, 5.41) is 0. The van der Waals surface area contributed by atoms with Crippen molar-refractivity contribution in [3.8, 4) is 0 Å². The van der Waals surface area contributed by atoms with Gasteiger partial charge in [0.1, 0.15) is 19.8 Å². The zero-order valence-corrected chi connectivity index (χ0v) is 50.5. The number of nitrogens with zero attached hydrogens (tertiary/aromatic N) is 1. The third kappa shape index (κ3) is 60.6. The van der Waals surface area contributed by atoms with E-state index in [-0.39, 0.29) is 26.1 Å². The maximum absolute atomic E-state index is 12.8. The average molecular weight is 1100 g/mol. The summed E-state index contributed by atoms with van der Waals surface area (Å²) >= 11 is 0. The Morgan fingerprint density at radius 2 is 0.731 bits per heavy atom. The highest BCUT2D eigenvalue weighted by atomic mass is 31.2. The van der Waals surface area contributed by atoms with Crippen LogP contribution in [0.3, 0.4) is 0 Å². The Labute approximate surface area is 477 Å². The molecule has 0 radical (unpaired) electrons. The molecule has 2 unspecified atom stereocenters. The highest BCUT2D eigenvalue weighted by molar-refractivity contribution is 7.47. The average Bonchev–Trinajstić information content (AvgIpc) is 3.41. The first kappa shape index (κ1) is 73.4. The van der Waals surface area contributed by atoms with E-state index in [1.807, 2.05) is 21.1 Å². The number of hydrogen-bond acceptors (Lipinski definition) is 7. The van der Waals surface area contributed by atoms with Crippen molar-refractivity contribution in [1.29, 1.82) is 0 Å². The summed E-state index contributed by atoms with van der Waals surface area (Å²) in [6.45, 7) is 4.19. The molecule has 0 saturated heterocycles. The van der Waals surface area contributed by atoms with Gasteiger partial charge in [-0.15, -0.1) is 0 Å². The number of unbranched alkanes of at least 4 members (excludes halogenated alkanes) is 10. The SMILES string of the molecule is CC/C=C\C/C=C\C/C=C\C/C=C\C/C=C\C/C=C\C/C=C\C/C=C\C/C=C\C/C=C\C/C=C\C/C=C\CCCCC(=O)OC(COC(=O)CCCCCCC/C=C\C/C=C\CCCCC)COP(=O)(O)OCC[N+](C)(C)C. The Balaban J connectivity index is 4.27. The molecule has 0 aromatic rings. The van der Waals surface area contributed by atoms with Crippen molar-refractivity contribution in [2.75, 3.05) is 47.5 Å². The van der Waals surface area contributed by atoms with Gasteiger partial charge < -0.3 is 18.9 Å². The van der Waals surface area contributed by atoms with Crippen LogP contribution in [0.1, 0.15) is 194 Å². The predicted molar refractivity (Wildman–Crippen MR) is 334 cm³/mol. The Bertz CT molecular complexity index is 1920. The number of likely N-dealkylation sites (N-methyl/N-ethyl adjacent to an activating group) is 1. The summed E-state index contributed by atoms with van der Waals surface area (Å²) < 4.78 is 34.4. The normalized spacial score (nSPS) is 14.5. The highest BCUT2D eigenvalue weighted by Gasteiger charge is 2.27. The number of phosphoric ester groups is 1. The Morgan fingerprint density at radius 1 is 0.410 bits per heavy atom. The van der Waals surface area contributed by atoms with E-state index >= 15 is 0 Å². The van der Waals surface area contributed by atoms with E-state index in [4.69, 9.17) is 18.5 Å². The standard InChI is InChI=1S/C68H108NO8P/c1-6-8-10-12-14-16-18-20-22-23-24-25-26-27-28-29-30-31-32-33-34-35-36-37-38-39-40-41-42-43-44-45-47-49-51-53-55-57-59-61-68(71)77-66(65-76-78(72,73)75-63-62-69(3,4)5)64-74-67(70)60-58-56-54-52-50-48-46-21-19-17-15-13-11-9-7-2/h8,10,14-17,20-22,24-25,27-28,30-31,33-34,36-37,39-40,42-43,45-47,51,53,66H,6-7,9,11-13,18-19,23,26,29,32,35,38,41,44,48-50,52,54-65H2,1-5H3/p+1/b10-8-,16-14-,17-15-,22-20-,25-24-,28-27-,31-30-,34-33-,37-36-,40-39-,43-42-,46-21-,47-45-,53-51-. The Hall–Kier alpha value is -4.63. The summed E-state index contributed by atoms with van der Waals surface area (Å²) in [5.74, 6) is -0.881. The molecule has 0 bridgehead atoms. The van der Waals surface area contributed by atoms with Crippen molar-refractivity contribution in [3.05, 3.63) is 170 Å². The molecule has 0 heterocycles. The zero-order valence-electron chi connectivity index (χ0n) is 49.6. The second-order valence-corrected chi connectivity index (χ2v) is 21.7. The van der Waals surface area contributed by atoms with Crippen LogP contribution in [-0.4, -0.2) is 74.9 Å². The van der Waals surface area contributed by atoms with E-state index in [1.54, 1.807) is 0 Å². The van der Waals surface area contributed by atoms with Crippen LogP contribution in [0.25, 0.3) is 0 Å². The molecule has 0 amide bonds. The molecule has 0 aliphatic carbocycles.